The molecule has 0 radical (unpaired) electrons. The first-order valence-electron chi connectivity index (χ1n) is 10.1. The normalized spacial score (nSPS) is 13.2. The van der Waals surface area contributed by atoms with Crippen molar-refractivity contribution in [2.45, 2.75) is 38.6 Å². The lowest BCUT2D eigenvalue weighted by Crippen LogP contribution is -2.26. The van der Waals surface area contributed by atoms with Crippen LogP contribution in [0, 0.1) is 6.92 Å². The number of nitrogens with one attached hydrogen (secondary N) is 1. The van der Waals surface area contributed by atoms with Crippen LogP contribution < -0.4 is 10.9 Å². The Morgan fingerprint density at radius 1 is 1.23 bits per heavy atom. The number of carbonyl (C=O) groups is 2. The lowest BCUT2D eigenvalue weighted by molar-refractivity contribution is -0.147. The van der Waals surface area contributed by atoms with Crippen LogP contribution in [0.25, 0.3) is 10.9 Å². The summed E-state index contributed by atoms with van der Waals surface area (Å²) >= 11 is 3.40. The van der Waals surface area contributed by atoms with E-state index in [1.165, 1.54) is 0 Å². The minimum Gasteiger partial charge on any atom is -0.456 e. The highest BCUT2D eigenvalue weighted by Crippen LogP contribution is 2.35. The lowest BCUT2D eigenvalue weighted by Gasteiger charge is -2.13. The van der Waals surface area contributed by atoms with Gasteiger partial charge in [0.15, 0.2) is 6.61 Å². The number of carbonyl (C=O) groups excluding carboxylic acids is 2. The molecule has 0 unspecified atom stereocenters. The third kappa shape index (κ3) is 5.02. The van der Waals surface area contributed by atoms with E-state index in [4.69, 9.17) is 4.74 Å². The molecule has 1 heterocycles. The Morgan fingerprint density at radius 2 is 2.00 bits per heavy atom. The molecule has 31 heavy (non-hydrogen) atoms. The van der Waals surface area contributed by atoms with Gasteiger partial charge in [-0.05, 0) is 65.5 Å². The number of halogens is 1. The van der Waals surface area contributed by atoms with Crippen LogP contribution in [-0.2, 0) is 20.7 Å². The van der Waals surface area contributed by atoms with E-state index in [1.54, 1.807) is 22.8 Å². The third-order valence-electron chi connectivity index (χ3n) is 5.11. The van der Waals surface area contributed by atoms with Crippen LogP contribution in [0.3, 0.4) is 0 Å². The van der Waals surface area contributed by atoms with Gasteiger partial charge in [0.1, 0.15) is 5.82 Å². The maximum atomic E-state index is 12.9. The molecule has 0 bridgehead atoms. The summed E-state index contributed by atoms with van der Waals surface area (Å²) in [6, 6.07) is 12.9. The summed E-state index contributed by atoms with van der Waals surface area (Å²) in [6.45, 7) is 1.57. The number of rotatable bonds is 7. The molecule has 2 aromatic carbocycles. The molecule has 160 valence electrons. The zero-order valence-corrected chi connectivity index (χ0v) is 18.6. The minimum atomic E-state index is -0.511. The molecule has 7 nitrogen and oxygen atoms in total. The van der Waals surface area contributed by atoms with E-state index in [0.29, 0.717) is 22.4 Å². The molecule has 0 spiro atoms. The Labute approximate surface area is 187 Å². The average Bonchev–Trinajstić information content (AvgIpc) is 3.58. The zero-order chi connectivity index (χ0) is 22.0. The van der Waals surface area contributed by atoms with Crippen LogP contribution in [0.4, 0.5) is 5.69 Å². The second kappa shape index (κ2) is 9.01. The van der Waals surface area contributed by atoms with Gasteiger partial charge in [-0.1, -0.05) is 18.2 Å². The molecule has 1 fully saturated rings. The summed E-state index contributed by atoms with van der Waals surface area (Å²) in [5, 5.41) is 3.29. The summed E-state index contributed by atoms with van der Waals surface area (Å²) < 4.78 is 7.58. The first-order valence-corrected chi connectivity index (χ1v) is 10.9. The first-order chi connectivity index (χ1) is 14.9. The topological polar surface area (TPSA) is 90.3 Å². The van der Waals surface area contributed by atoms with Crippen molar-refractivity contribution in [3.05, 3.63) is 68.7 Å². The molecule has 1 N–H and O–H groups in total. The highest BCUT2D eigenvalue weighted by atomic mass is 79.9. The molecule has 3 aromatic rings. The maximum absolute atomic E-state index is 12.9. The fraction of sp³-hybridized carbons (Fsp3) is 0.304. The number of para-hydroxylation sites is 1. The van der Waals surface area contributed by atoms with Gasteiger partial charge in [-0.15, -0.1) is 0 Å². The fourth-order valence-corrected chi connectivity index (χ4v) is 4.01. The number of ether oxygens (including phenoxy) is 1. The first kappa shape index (κ1) is 21.2. The lowest BCUT2D eigenvalue weighted by atomic mass is 10.2. The quantitative estimate of drug-likeness (QED) is 0.514. The number of aryl methyl sites for hydroxylation is 2. The van der Waals surface area contributed by atoms with Crippen molar-refractivity contribution in [3.8, 4) is 0 Å². The van der Waals surface area contributed by atoms with Crippen molar-refractivity contribution in [2.24, 2.45) is 0 Å². The molecule has 1 amide bonds. The van der Waals surface area contributed by atoms with E-state index >= 15 is 0 Å². The zero-order valence-electron chi connectivity index (χ0n) is 17.1. The Balaban J connectivity index is 1.37. The molecule has 8 heteroatoms. The Morgan fingerprint density at radius 3 is 2.74 bits per heavy atom. The van der Waals surface area contributed by atoms with Gasteiger partial charge in [-0.3, -0.25) is 19.0 Å². The van der Waals surface area contributed by atoms with Crippen LogP contribution in [0.15, 0.2) is 51.7 Å². The number of hydrogen-bond acceptors (Lipinski definition) is 5. The molecule has 0 saturated heterocycles. The number of aromatic nitrogens is 2. The Hall–Kier alpha value is -3.00. The van der Waals surface area contributed by atoms with Gasteiger partial charge < -0.3 is 10.1 Å². The number of amides is 1. The smallest absolute Gasteiger partial charge is 0.306 e. The van der Waals surface area contributed by atoms with Crippen LogP contribution in [0.2, 0.25) is 0 Å². The molecule has 1 aromatic heterocycles. The fourth-order valence-electron chi connectivity index (χ4n) is 3.42. The van der Waals surface area contributed by atoms with Crippen molar-refractivity contribution in [3.63, 3.8) is 0 Å². The highest BCUT2D eigenvalue weighted by molar-refractivity contribution is 9.10. The van der Waals surface area contributed by atoms with Gasteiger partial charge in [-0.2, -0.15) is 0 Å². The molecule has 0 aliphatic heterocycles. The molecule has 0 atom stereocenters. The van der Waals surface area contributed by atoms with Crippen molar-refractivity contribution in [1.82, 2.24) is 9.55 Å². The van der Waals surface area contributed by atoms with Crippen LogP contribution in [0.1, 0.15) is 36.7 Å². The number of benzene rings is 2. The number of hydrogen-bond donors (Lipinski definition) is 1. The maximum Gasteiger partial charge on any atom is 0.306 e. The van der Waals surface area contributed by atoms with Crippen molar-refractivity contribution < 1.29 is 14.3 Å². The average molecular weight is 484 g/mol. The van der Waals surface area contributed by atoms with E-state index in [2.05, 4.69) is 26.2 Å². The molecular weight excluding hydrogens is 462 g/mol. The van der Waals surface area contributed by atoms with E-state index in [9.17, 15) is 14.4 Å². The minimum absolute atomic E-state index is 0.0407. The summed E-state index contributed by atoms with van der Waals surface area (Å²) in [5.41, 5.74) is 2.22. The molecule has 4 rings (SSSR count). The monoisotopic (exact) mass is 483 g/mol. The molecule has 1 aliphatic carbocycles. The number of nitrogens with zero attached hydrogens (tertiary/aromatic N) is 2. The summed E-state index contributed by atoms with van der Waals surface area (Å²) in [4.78, 5) is 41.8. The van der Waals surface area contributed by atoms with Gasteiger partial charge in [0.05, 0.1) is 23.0 Å². The predicted molar refractivity (Wildman–Crippen MR) is 121 cm³/mol. The number of fused-ring (bicyclic) bond motifs is 1. The van der Waals surface area contributed by atoms with Gasteiger partial charge >= 0.3 is 5.97 Å². The van der Waals surface area contributed by atoms with Gasteiger partial charge in [0, 0.05) is 16.9 Å². The summed E-state index contributed by atoms with van der Waals surface area (Å²) in [5.74, 6) is -0.351. The second-order valence-corrected chi connectivity index (χ2v) is 8.50. The standard InChI is InChI=1S/C23H22BrN3O4/c1-14-6-9-19(17(24)12-14)26-21(28)13-31-22(29)11-10-20-25-18-5-3-2-4-16(18)23(30)27(20)15-7-8-15/h2-6,9,12,15H,7-8,10-11,13H2,1H3,(H,26,28). The second-order valence-electron chi connectivity index (χ2n) is 7.64. The SMILES string of the molecule is Cc1ccc(NC(=O)COC(=O)CCc2nc3ccccc3c(=O)n2C2CC2)c(Br)c1. The van der Waals surface area contributed by atoms with Gasteiger partial charge in [-0.25, -0.2) is 4.98 Å². The van der Waals surface area contributed by atoms with Gasteiger partial charge in [0.25, 0.3) is 11.5 Å². The van der Waals surface area contributed by atoms with E-state index in [0.717, 1.165) is 22.9 Å². The Kier molecular flexibility index (Phi) is 6.18. The number of anilines is 1. The molecular formula is C23H22BrN3O4. The van der Waals surface area contributed by atoms with E-state index < -0.39 is 11.9 Å². The van der Waals surface area contributed by atoms with Crippen LogP contribution in [-0.4, -0.2) is 28.0 Å². The van der Waals surface area contributed by atoms with Crippen molar-refractivity contribution >= 4 is 44.4 Å². The number of esters is 1. The predicted octanol–water partition coefficient (Wildman–Crippen LogP) is 3.92. The third-order valence-corrected chi connectivity index (χ3v) is 5.76. The van der Waals surface area contributed by atoms with Crippen LogP contribution >= 0.6 is 15.9 Å². The molecule has 1 saturated carbocycles. The highest BCUT2D eigenvalue weighted by Gasteiger charge is 2.28. The largest absolute Gasteiger partial charge is 0.456 e. The Bertz CT molecular complexity index is 1220. The van der Waals surface area contributed by atoms with Gasteiger partial charge in [0.2, 0.25) is 0 Å². The van der Waals surface area contributed by atoms with E-state index in [-0.39, 0.29) is 31.0 Å². The molecule has 1 aliphatic rings. The summed E-state index contributed by atoms with van der Waals surface area (Å²) in [7, 11) is 0. The summed E-state index contributed by atoms with van der Waals surface area (Å²) in [6.07, 6.45) is 2.19. The van der Waals surface area contributed by atoms with E-state index in [1.807, 2.05) is 31.2 Å². The van der Waals surface area contributed by atoms with Crippen molar-refractivity contribution in [1.29, 1.82) is 0 Å². The van der Waals surface area contributed by atoms with Crippen molar-refractivity contribution in [2.75, 3.05) is 11.9 Å². The van der Waals surface area contributed by atoms with Crippen LogP contribution in [0.5, 0.6) is 0 Å².